The summed E-state index contributed by atoms with van der Waals surface area (Å²) in [5.41, 5.74) is -0.145. The number of hydrogen-bond acceptors (Lipinski definition) is 5. The normalized spacial score (nSPS) is 11.0. The molecule has 7 heteroatoms. The van der Waals surface area contributed by atoms with Crippen LogP contribution in [-0.4, -0.2) is 15.6 Å². The number of carbonyl (C=O) groups is 1. The topological polar surface area (TPSA) is 103 Å². The van der Waals surface area contributed by atoms with Gasteiger partial charge in [0.1, 0.15) is 0 Å². The second-order valence-electron chi connectivity index (χ2n) is 4.32. The summed E-state index contributed by atoms with van der Waals surface area (Å²) in [7, 11) is 0. The summed E-state index contributed by atoms with van der Waals surface area (Å²) in [4.78, 5) is 32.4. The third kappa shape index (κ3) is 3.40. The summed E-state index contributed by atoms with van der Waals surface area (Å²) in [5, 5.41) is 21.7. The van der Waals surface area contributed by atoms with Crippen LogP contribution in [0.25, 0.3) is 5.70 Å². The molecule has 110 valence electrons. The van der Waals surface area contributed by atoms with Crippen molar-refractivity contribution in [1.29, 1.82) is 0 Å². The number of nitrogens with zero attached hydrogens (tertiary/aromatic N) is 2. The van der Waals surface area contributed by atoms with E-state index in [2.05, 4.69) is 0 Å². The highest BCUT2D eigenvalue weighted by Gasteiger charge is 2.18. The Hall–Kier alpha value is -3.35. The smallest absolute Gasteiger partial charge is 0.280 e. The standard InChI is InChI=1S/C15H10N2O5/c18-15(12-4-2-1-3-5-12)10-14(17(21)22)11-6-8-13(9-7-11)16(19)20/h1-10H. The zero-order valence-electron chi connectivity index (χ0n) is 11.2. The maximum Gasteiger partial charge on any atom is 0.280 e. The predicted molar refractivity (Wildman–Crippen MR) is 78.8 cm³/mol. The number of carbonyl (C=O) groups excluding carboxylic acids is 1. The van der Waals surface area contributed by atoms with Gasteiger partial charge in [0.15, 0.2) is 5.78 Å². The number of non-ortho nitro benzene ring substituents is 1. The minimum absolute atomic E-state index is 0.125. The van der Waals surface area contributed by atoms with Crippen molar-refractivity contribution in [2.75, 3.05) is 0 Å². The highest BCUT2D eigenvalue weighted by Crippen LogP contribution is 2.20. The third-order valence-corrected chi connectivity index (χ3v) is 2.90. The van der Waals surface area contributed by atoms with E-state index in [1.54, 1.807) is 30.3 Å². The van der Waals surface area contributed by atoms with E-state index in [1.165, 1.54) is 12.1 Å². The lowest BCUT2D eigenvalue weighted by molar-refractivity contribution is -0.385. The van der Waals surface area contributed by atoms with Crippen molar-refractivity contribution in [2.24, 2.45) is 0 Å². The molecule has 0 amide bonds. The molecule has 0 saturated heterocycles. The monoisotopic (exact) mass is 298 g/mol. The highest BCUT2D eigenvalue weighted by molar-refractivity contribution is 6.07. The molecule has 2 aromatic rings. The van der Waals surface area contributed by atoms with Crippen molar-refractivity contribution in [3.63, 3.8) is 0 Å². The molecule has 2 rings (SSSR count). The van der Waals surface area contributed by atoms with E-state index < -0.39 is 21.3 Å². The minimum Gasteiger partial charge on any atom is -0.289 e. The molecule has 0 heterocycles. The van der Waals surface area contributed by atoms with Gasteiger partial charge < -0.3 is 0 Å². The highest BCUT2D eigenvalue weighted by atomic mass is 16.6. The molecule has 0 aliphatic carbocycles. The van der Waals surface area contributed by atoms with E-state index in [0.29, 0.717) is 5.56 Å². The summed E-state index contributed by atoms with van der Waals surface area (Å²) in [6, 6.07) is 12.9. The maximum atomic E-state index is 12.0. The Balaban J connectivity index is 2.38. The van der Waals surface area contributed by atoms with E-state index in [1.807, 2.05) is 0 Å². The van der Waals surface area contributed by atoms with E-state index >= 15 is 0 Å². The SMILES string of the molecule is O=C(C=C(c1ccc([N+](=O)[O-])cc1)[N+](=O)[O-])c1ccccc1. The van der Waals surface area contributed by atoms with Gasteiger partial charge in [0, 0.05) is 17.7 Å². The quantitative estimate of drug-likeness (QED) is 0.365. The summed E-state index contributed by atoms with van der Waals surface area (Å²) in [6.45, 7) is 0. The average molecular weight is 298 g/mol. The fourth-order valence-corrected chi connectivity index (χ4v) is 1.81. The Kier molecular flexibility index (Phi) is 4.38. The van der Waals surface area contributed by atoms with Crippen LogP contribution in [0.15, 0.2) is 60.7 Å². The number of ketones is 1. The van der Waals surface area contributed by atoms with Crippen molar-refractivity contribution in [1.82, 2.24) is 0 Å². The van der Waals surface area contributed by atoms with Gasteiger partial charge in [-0.25, -0.2) is 0 Å². The fraction of sp³-hybridized carbons (Fsp3) is 0. The van der Waals surface area contributed by atoms with E-state index in [9.17, 15) is 25.0 Å². The molecule has 0 spiro atoms. The molecule has 0 saturated carbocycles. The van der Waals surface area contributed by atoms with E-state index in [4.69, 9.17) is 0 Å². The first-order valence-electron chi connectivity index (χ1n) is 6.19. The molecule has 0 unspecified atom stereocenters. The van der Waals surface area contributed by atoms with Gasteiger partial charge in [-0.05, 0) is 12.1 Å². The maximum absolute atomic E-state index is 12.0. The zero-order chi connectivity index (χ0) is 16.1. The largest absolute Gasteiger partial charge is 0.289 e. The second-order valence-corrected chi connectivity index (χ2v) is 4.32. The van der Waals surface area contributed by atoms with Crippen LogP contribution in [-0.2, 0) is 0 Å². The molecule has 0 fully saturated rings. The molecule has 22 heavy (non-hydrogen) atoms. The minimum atomic E-state index is -0.692. The molecule has 0 aromatic heterocycles. The van der Waals surface area contributed by atoms with E-state index in [0.717, 1.165) is 18.2 Å². The molecule has 2 aromatic carbocycles. The van der Waals surface area contributed by atoms with Crippen LogP contribution in [0.1, 0.15) is 15.9 Å². The van der Waals surface area contributed by atoms with Crippen LogP contribution < -0.4 is 0 Å². The molecule has 0 atom stereocenters. The number of allylic oxidation sites excluding steroid dienone is 1. The summed E-state index contributed by atoms with van der Waals surface area (Å²) in [5.74, 6) is -0.509. The molecular weight excluding hydrogens is 288 g/mol. The molecule has 7 nitrogen and oxygen atoms in total. The van der Waals surface area contributed by atoms with Crippen LogP contribution in [0.5, 0.6) is 0 Å². The lowest BCUT2D eigenvalue weighted by Crippen LogP contribution is -2.03. The van der Waals surface area contributed by atoms with Crippen LogP contribution >= 0.6 is 0 Å². The lowest BCUT2D eigenvalue weighted by Gasteiger charge is -1.99. The third-order valence-electron chi connectivity index (χ3n) is 2.90. The van der Waals surface area contributed by atoms with Gasteiger partial charge in [0.05, 0.1) is 21.5 Å². The number of hydrogen-bond donors (Lipinski definition) is 0. The number of rotatable bonds is 5. The summed E-state index contributed by atoms with van der Waals surface area (Å²) >= 11 is 0. The van der Waals surface area contributed by atoms with Crippen molar-refractivity contribution < 1.29 is 14.6 Å². The Morgan fingerprint density at radius 1 is 0.864 bits per heavy atom. The summed E-state index contributed by atoms with van der Waals surface area (Å²) < 4.78 is 0. The molecule has 0 N–H and O–H groups in total. The first-order valence-corrected chi connectivity index (χ1v) is 6.19. The van der Waals surface area contributed by atoms with Gasteiger partial charge in [0.2, 0.25) is 0 Å². The van der Waals surface area contributed by atoms with Crippen molar-refractivity contribution in [3.05, 3.63) is 92.0 Å². The number of nitro benzene ring substituents is 1. The molecule has 0 radical (unpaired) electrons. The van der Waals surface area contributed by atoms with Gasteiger partial charge in [-0.15, -0.1) is 0 Å². The first kappa shape index (κ1) is 15.0. The van der Waals surface area contributed by atoms with Gasteiger partial charge in [0.25, 0.3) is 11.4 Å². The number of benzene rings is 2. The first-order chi connectivity index (χ1) is 10.5. The van der Waals surface area contributed by atoms with Crippen molar-refractivity contribution in [3.8, 4) is 0 Å². The fourth-order valence-electron chi connectivity index (χ4n) is 1.81. The second kappa shape index (κ2) is 6.40. The van der Waals surface area contributed by atoms with Crippen LogP contribution in [0, 0.1) is 20.2 Å². The Labute approximate surface area is 124 Å². The molecule has 0 bridgehead atoms. The van der Waals surface area contributed by atoms with Crippen LogP contribution in [0.4, 0.5) is 5.69 Å². The molecule has 0 aliphatic rings. The Morgan fingerprint density at radius 2 is 1.45 bits per heavy atom. The molecular formula is C15H10N2O5. The van der Waals surface area contributed by atoms with Gasteiger partial charge in [-0.1, -0.05) is 30.3 Å². The Morgan fingerprint density at radius 3 is 1.95 bits per heavy atom. The average Bonchev–Trinajstić information content (AvgIpc) is 2.53. The van der Waals surface area contributed by atoms with Gasteiger partial charge >= 0.3 is 0 Å². The lowest BCUT2D eigenvalue weighted by atomic mass is 10.1. The van der Waals surface area contributed by atoms with Crippen LogP contribution in [0.2, 0.25) is 0 Å². The van der Waals surface area contributed by atoms with Crippen LogP contribution in [0.3, 0.4) is 0 Å². The number of nitro groups is 2. The Bertz CT molecular complexity index is 751. The van der Waals surface area contributed by atoms with E-state index in [-0.39, 0.29) is 11.3 Å². The van der Waals surface area contributed by atoms with Gasteiger partial charge in [-0.2, -0.15) is 0 Å². The van der Waals surface area contributed by atoms with Crippen molar-refractivity contribution >= 4 is 17.2 Å². The zero-order valence-corrected chi connectivity index (χ0v) is 11.2. The van der Waals surface area contributed by atoms with Gasteiger partial charge in [-0.3, -0.25) is 25.0 Å². The van der Waals surface area contributed by atoms with Crippen molar-refractivity contribution in [2.45, 2.75) is 0 Å². The molecule has 0 aliphatic heterocycles. The summed E-state index contributed by atoms with van der Waals surface area (Å²) in [6.07, 6.45) is 0.913. The predicted octanol–water partition coefficient (Wildman–Crippen LogP) is 3.10.